The zero-order chi connectivity index (χ0) is 41.6. The predicted molar refractivity (Wildman–Crippen MR) is 262 cm³/mol. The van der Waals surface area contributed by atoms with E-state index in [0.717, 1.165) is 28.2 Å². The second kappa shape index (κ2) is 15.4. The maximum atomic E-state index is 2.40. The van der Waals surface area contributed by atoms with Gasteiger partial charge in [-0.1, -0.05) is 216 Å². The first kappa shape index (κ1) is 38.0. The Labute approximate surface area is 361 Å². The first-order valence-electron chi connectivity index (χ1n) is 21.4. The van der Waals surface area contributed by atoms with Gasteiger partial charge in [-0.15, -0.1) is 0 Å². The van der Waals surface area contributed by atoms with Crippen LogP contribution in [-0.2, 0) is 10.8 Å². The normalized spacial score (nSPS) is 14.3. The van der Waals surface area contributed by atoms with Crippen molar-refractivity contribution in [2.24, 2.45) is 0 Å². The van der Waals surface area contributed by atoms with Crippen LogP contribution in [0.25, 0.3) is 58.7 Å². The third kappa shape index (κ3) is 7.17. The highest BCUT2D eigenvalue weighted by Crippen LogP contribution is 2.51. The molecule has 0 amide bonds. The minimum absolute atomic E-state index is 0.0906. The number of rotatable bonds is 9. The maximum Gasteiger partial charge on any atom is 0.0465 e. The average Bonchev–Trinajstić information content (AvgIpc) is 3.67. The number of nitrogens with zero attached hydrogens (tertiary/aromatic N) is 1. The molecule has 0 heterocycles. The fourth-order valence-corrected chi connectivity index (χ4v) is 9.43. The number of hydrogen-bond donors (Lipinski definition) is 0. The van der Waals surface area contributed by atoms with Gasteiger partial charge >= 0.3 is 0 Å². The molecule has 294 valence electrons. The summed E-state index contributed by atoms with van der Waals surface area (Å²) in [7, 11) is 0. The van der Waals surface area contributed by atoms with Crippen LogP contribution in [0.5, 0.6) is 0 Å². The Kier molecular flexibility index (Phi) is 9.61. The van der Waals surface area contributed by atoms with Gasteiger partial charge in [0.15, 0.2) is 0 Å². The molecule has 0 fully saturated rings. The van der Waals surface area contributed by atoms with Crippen molar-refractivity contribution in [3.63, 3.8) is 0 Å². The second-order valence-corrected chi connectivity index (χ2v) is 17.5. The first-order chi connectivity index (χ1) is 29.7. The van der Waals surface area contributed by atoms with Crippen molar-refractivity contribution < 1.29 is 0 Å². The Morgan fingerprint density at radius 1 is 0.279 bits per heavy atom. The van der Waals surface area contributed by atoms with E-state index < -0.39 is 0 Å². The molecule has 61 heavy (non-hydrogen) atoms. The monoisotopic (exact) mass is 783 g/mol. The standard InChI is InChI=1S/C60H49N/c1-59(2)55-18-12-11-17-51(55)54-38-35-50(41-58(54)59)61(48-31-25-44(26-32-48)20-19-42-13-7-5-8-14-42)49-33-27-45(28-34-49)22-24-47-30-37-53-52-36-29-46(23-21-43-15-9-6-10-16-43)39-56(52)60(3,4)57(53)40-47/h5-41H,1-4H3. The first-order valence-corrected chi connectivity index (χ1v) is 21.4. The van der Waals surface area contributed by atoms with Gasteiger partial charge in [0.2, 0.25) is 0 Å². The largest absolute Gasteiger partial charge is 0.310 e. The fourth-order valence-electron chi connectivity index (χ4n) is 9.43. The molecule has 0 saturated heterocycles. The summed E-state index contributed by atoms with van der Waals surface area (Å²) in [5, 5.41) is 0. The summed E-state index contributed by atoms with van der Waals surface area (Å²) >= 11 is 0. The lowest BCUT2D eigenvalue weighted by atomic mass is 9.81. The molecule has 1 heteroatoms. The lowest BCUT2D eigenvalue weighted by Crippen LogP contribution is -2.16. The van der Waals surface area contributed by atoms with Gasteiger partial charge < -0.3 is 4.90 Å². The molecule has 8 aromatic carbocycles. The molecule has 0 atom stereocenters. The van der Waals surface area contributed by atoms with Gasteiger partial charge in [-0.05, 0) is 114 Å². The number of anilines is 3. The summed E-state index contributed by atoms with van der Waals surface area (Å²) in [6, 6.07) is 68.6. The second-order valence-electron chi connectivity index (χ2n) is 17.5. The lowest BCUT2D eigenvalue weighted by Gasteiger charge is -2.28. The van der Waals surface area contributed by atoms with E-state index in [2.05, 4.69) is 257 Å². The zero-order valence-corrected chi connectivity index (χ0v) is 35.3. The van der Waals surface area contributed by atoms with Gasteiger partial charge in [0.05, 0.1) is 0 Å². The van der Waals surface area contributed by atoms with Crippen molar-refractivity contribution in [3.8, 4) is 22.3 Å². The highest BCUT2D eigenvalue weighted by Gasteiger charge is 2.37. The molecule has 0 spiro atoms. The Morgan fingerprint density at radius 2 is 0.607 bits per heavy atom. The van der Waals surface area contributed by atoms with Gasteiger partial charge in [0, 0.05) is 27.9 Å². The van der Waals surface area contributed by atoms with Crippen molar-refractivity contribution >= 4 is 53.5 Å². The van der Waals surface area contributed by atoms with Crippen LogP contribution in [0.3, 0.4) is 0 Å². The maximum absolute atomic E-state index is 2.40. The highest BCUT2D eigenvalue weighted by atomic mass is 15.1. The molecule has 0 N–H and O–H groups in total. The molecule has 0 radical (unpaired) electrons. The topological polar surface area (TPSA) is 3.24 Å². The molecule has 1 nitrogen and oxygen atoms in total. The van der Waals surface area contributed by atoms with E-state index in [1.165, 1.54) is 66.8 Å². The molecule has 0 unspecified atom stereocenters. The molecule has 0 bridgehead atoms. The van der Waals surface area contributed by atoms with Crippen molar-refractivity contribution in [2.45, 2.75) is 38.5 Å². The zero-order valence-electron chi connectivity index (χ0n) is 35.3. The Morgan fingerprint density at radius 3 is 1.10 bits per heavy atom. The van der Waals surface area contributed by atoms with E-state index >= 15 is 0 Å². The fraction of sp³-hybridized carbons (Fsp3) is 0.100. The van der Waals surface area contributed by atoms with E-state index in [1.54, 1.807) is 0 Å². The van der Waals surface area contributed by atoms with Crippen LogP contribution in [0.15, 0.2) is 188 Å². The summed E-state index contributed by atoms with van der Waals surface area (Å²) in [5.41, 5.74) is 21.2. The van der Waals surface area contributed by atoms with Crippen molar-refractivity contribution in [1.82, 2.24) is 0 Å². The molecule has 0 aliphatic heterocycles. The van der Waals surface area contributed by atoms with Crippen molar-refractivity contribution in [1.29, 1.82) is 0 Å². The summed E-state index contributed by atoms with van der Waals surface area (Å²) < 4.78 is 0. The molecule has 2 aliphatic rings. The van der Waals surface area contributed by atoms with Gasteiger partial charge in [-0.2, -0.15) is 0 Å². The molecule has 8 aromatic rings. The Hall–Kier alpha value is -7.22. The average molecular weight is 784 g/mol. The van der Waals surface area contributed by atoms with E-state index in [9.17, 15) is 0 Å². The third-order valence-corrected chi connectivity index (χ3v) is 12.9. The van der Waals surface area contributed by atoms with E-state index in [4.69, 9.17) is 0 Å². The molecule has 0 saturated carbocycles. The van der Waals surface area contributed by atoms with Crippen LogP contribution in [0.2, 0.25) is 0 Å². The minimum atomic E-state index is -0.0951. The summed E-state index contributed by atoms with van der Waals surface area (Å²) in [4.78, 5) is 2.39. The molecular formula is C60H49N. The van der Waals surface area contributed by atoms with E-state index in [-0.39, 0.29) is 10.8 Å². The van der Waals surface area contributed by atoms with Gasteiger partial charge in [0.1, 0.15) is 0 Å². The van der Waals surface area contributed by atoms with Crippen LogP contribution in [0, 0.1) is 0 Å². The number of hydrogen-bond acceptors (Lipinski definition) is 1. The predicted octanol–water partition coefficient (Wildman–Crippen LogP) is 16.3. The minimum Gasteiger partial charge on any atom is -0.310 e. The quantitative estimate of drug-likeness (QED) is 0.132. The summed E-state index contributed by atoms with van der Waals surface area (Å²) in [6.07, 6.45) is 13.3. The van der Waals surface area contributed by atoms with Crippen LogP contribution in [-0.4, -0.2) is 0 Å². The third-order valence-electron chi connectivity index (χ3n) is 12.9. The summed E-state index contributed by atoms with van der Waals surface area (Å²) in [6.45, 7) is 9.42. The van der Waals surface area contributed by atoms with Crippen LogP contribution in [0.4, 0.5) is 17.1 Å². The molecule has 2 aliphatic carbocycles. The molecule has 10 rings (SSSR count). The smallest absolute Gasteiger partial charge is 0.0465 e. The van der Waals surface area contributed by atoms with Crippen molar-refractivity contribution in [3.05, 3.63) is 244 Å². The molecule has 0 aromatic heterocycles. The van der Waals surface area contributed by atoms with Crippen LogP contribution < -0.4 is 4.90 Å². The lowest BCUT2D eigenvalue weighted by molar-refractivity contribution is 0.660. The van der Waals surface area contributed by atoms with E-state index in [1.807, 2.05) is 0 Å². The number of benzene rings is 8. The highest BCUT2D eigenvalue weighted by molar-refractivity contribution is 5.87. The van der Waals surface area contributed by atoms with Gasteiger partial charge in [-0.3, -0.25) is 0 Å². The Bertz CT molecular complexity index is 2980. The SMILES string of the molecule is CC1(C)c2cc(C=Cc3ccccc3)ccc2-c2ccc(C=Cc3ccc(N(c4ccc(C=Cc5ccccc5)cc4)c4ccc5c(c4)C(C)(C)c4ccccc4-5)cc3)cc21. The molecular weight excluding hydrogens is 735 g/mol. The van der Waals surface area contributed by atoms with Gasteiger partial charge in [-0.25, -0.2) is 0 Å². The van der Waals surface area contributed by atoms with Crippen molar-refractivity contribution in [2.75, 3.05) is 4.90 Å². The van der Waals surface area contributed by atoms with Crippen LogP contribution in [0.1, 0.15) is 83.3 Å². The van der Waals surface area contributed by atoms with E-state index in [0.29, 0.717) is 0 Å². The van der Waals surface area contributed by atoms with Gasteiger partial charge in [0.25, 0.3) is 0 Å². The Balaban J connectivity index is 0.933. The van der Waals surface area contributed by atoms with Crippen LogP contribution >= 0.6 is 0 Å². The number of fused-ring (bicyclic) bond motifs is 6. The summed E-state index contributed by atoms with van der Waals surface area (Å²) in [5.74, 6) is 0.